The topological polar surface area (TPSA) is 15.3 Å². The zero-order valence-electron chi connectivity index (χ0n) is 11.4. The first-order chi connectivity index (χ1) is 9.24. The van der Waals surface area contributed by atoms with E-state index in [0.29, 0.717) is 12.1 Å². The van der Waals surface area contributed by atoms with Gasteiger partial charge in [0.15, 0.2) is 0 Å². The van der Waals surface area contributed by atoms with Gasteiger partial charge < -0.3 is 5.32 Å². The lowest BCUT2D eigenvalue weighted by Gasteiger charge is -2.27. The highest BCUT2D eigenvalue weighted by atomic mass is 35.5. The molecule has 2 aliphatic heterocycles. The van der Waals surface area contributed by atoms with Gasteiger partial charge >= 0.3 is 0 Å². The van der Waals surface area contributed by atoms with E-state index in [0.717, 1.165) is 25.2 Å². The Labute approximate surface area is 124 Å². The minimum atomic E-state index is -2.37. The molecule has 3 rings (SSSR count). The Bertz CT molecular complexity index is 410. The molecule has 2 nitrogen and oxygen atoms in total. The summed E-state index contributed by atoms with van der Waals surface area (Å²) in [4.78, 5) is 2.55. The molecule has 2 unspecified atom stereocenters. The molecule has 2 fully saturated rings. The van der Waals surface area contributed by atoms with Crippen LogP contribution < -0.4 is 5.32 Å². The number of hydrogen-bond acceptors (Lipinski definition) is 2. The molecule has 5 heteroatoms. The Kier molecular flexibility index (Phi) is 5.35. The Morgan fingerprint density at radius 1 is 1.10 bits per heavy atom. The van der Waals surface area contributed by atoms with Gasteiger partial charge in [-0.1, -0.05) is 24.3 Å². The van der Waals surface area contributed by atoms with Gasteiger partial charge in [-0.2, -0.15) is 0 Å². The first-order valence-electron chi connectivity index (χ1n) is 7.07. The van der Waals surface area contributed by atoms with Crippen molar-refractivity contribution >= 4 is 12.4 Å². The van der Waals surface area contributed by atoms with Crippen LogP contribution in [0.25, 0.3) is 0 Å². The van der Waals surface area contributed by atoms with Gasteiger partial charge in [-0.15, -0.1) is 12.4 Å². The Balaban J connectivity index is 0.00000147. The number of rotatable bonds is 3. The van der Waals surface area contributed by atoms with Crippen molar-refractivity contribution in [3.8, 4) is 0 Å². The number of fused-ring (bicyclic) bond motifs is 2. The van der Waals surface area contributed by atoms with E-state index in [9.17, 15) is 8.78 Å². The van der Waals surface area contributed by atoms with Crippen LogP contribution >= 0.6 is 12.4 Å². The maximum Gasteiger partial charge on any atom is 0.263 e. The third-order valence-corrected chi connectivity index (χ3v) is 4.40. The van der Waals surface area contributed by atoms with E-state index in [1.54, 1.807) is 12.1 Å². The lowest BCUT2D eigenvalue weighted by molar-refractivity contribution is 0.151. The molecule has 1 aromatic carbocycles. The van der Waals surface area contributed by atoms with E-state index in [1.165, 1.54) is 19.3 Å². The van der Waals surface area contributed by atoms with Crippen molar-refractivity contribution < 1.29 is 8.78 Å². The van der Waals surface area contributed by atoms with Crippen LogP contribution in [0.2, 0.25) is 0 Å². The predicted octanol–water partition coefficient (Wildman–Crippen LogP) is 3.37. The molecule has 0 saturated carbocycles. The van der Waals surface area contributed by atoms with Crippen LogP contribution in [0.3, 0.4) is 0 Å². The maximum atomic E-state index is 12.5. The molecule has 1 N–H and O–H groups in total. The Morgan fingerprint density at radius 3 is 2.50 bits per heavy atom. The quantitative estimate of drug-likeness (QED) is 0.921. The van der Waals surface area contributed by atoms with Crippen LogP contribution in [-0.2, 0) is 6.54 Å². The summed E-state index contributed by atoms with van der Waals surface area (Å²) >= 11 is 0. The highest BCUT2D eigenvalue weighted by molar-refractivity contribution is 5.85. The molecule has 2 bridgehead atoms. The van der Waals surface area contributed by atoms with E-state index in [1.807, 2.05) is 12.1 Å². The molecule has 2 atom stereocenters. The largest absolute Gasteiger partial charge is 0.315 e. The van der Waals surface area contributed by atoms with Crippen LogP contribution in [0.1, 0.15) is 36.8 Å². The SMILES string of the molecule is Cl.FC(F)c1ccc(CN2C3CCNCC2CC3)cc1. The third kappa shape index (κ3) is 3.30. The van der Waals surface area contributed by atoms with Crippen LogP contribution in [0.15, 0.2) is 24.3 Å². The molecule has 0 radical (unpaired) electrons. The molecule has 0 aliphatic carbocycles. The van der Waals surface area contributed by atoms with Crippen LogP contribution in [0.4, 0.5) is 8.78 Å². The lowest BCUT2D eigenvalue weighted by Crippen LogP contribution is -2.37. The Hall–Kier alpha value is -0.710. The fourth-order valence-corrected chi connectivity index (χ4v) is 3.32. The summed E-state index contributed by atoms with van der Waals surface area (Å²) < 4.78 is 25.1. The summed E-state index contributed by atoms with van der Waals surface area (Å²) in [5.74, 6) is 0. The summed E-state index contributed by atoms with van der Waals surface area (Å²) in [7, 11) is 0. The molecule has 1 aromatic rings. The fourth-order valence-electron chi connectivity index (χ4n) is 3.32. The molecular formula is C15H21ClF2N2. The van der Waals surface area contributed by atoms with Gasteiger partial charge in [0.05, 0.1) is 0 Å². The normalized spacial score (nSPS) is 26.4. The predicted molar refractivity (Wildman–Crippen MR) is 78.5 cm³/mol. The van der Waals surface area contributed by atoms with Gasteiger partial charge in [-0.05, 0) is 31.4 Å². The minimum Gasteiger partial charge on any atom is -0.315 e. The lowest BCUT2D eigenvalue weighted by atomic mass is 10.1. The average Bonchev–Trinajstić information content (AvgIpc) is 2.63. The van der Waals surface area contributed by atoms with Crippen LogP contribution in [0.5, 0.6) is 0 Å². The average molecular weight is 303 g/mol. The molecule has 2 aliphatic rings. The maximum absolute atomic E-state index is 12.5. The zero-order chi connectivity index (χ0) is 13.2. The first-order valence-corrected chi connectivity index (χ1v) is 7.07. The summed E-state index contributed by atoms with van der Waals surface area (Å²) in [6.07, 6.45) is 1.37. The second-order valence-corrected chi connectivity index (χ2v) is 5.59. The van der Waals surface area contributed by atoms with Crippen molar-refractivity contribution in [2.24, 2.45) is 0 Å². The summed E-state index contributed by atoms with van der Waals surface area (Å²) in [6, 6.07) is 8.08. The number of hydrogen-bond donors (Lipinski definition) is 1. The minimum absolute atomic E-state index is 0. The summed E-state index contributed by atoms with van der Waals surface area (Å²) in [5, 5.41) is 3.48. The highest BCUT2D eigenvalue weighted by Gasteiger charge is 2.34. The van der Waals surface area contributed by atoms with E-state index in [4.69, 9.17) is 0 Å². The second-order valence-electron chi connectivity index (χ2n) is 5.59. The molecule has 112 valence electrons. The number of alkyl halides is 2. The molecule has 0 spiro atoms. The van der Waals surface area contributed by atoms with Gasteiger partial charge in [0.1, 0.15) is 0 Å². The van der Waals surface area contributed by atoms with Gasteiger partial charge in [0.25, 0.3) is 6.43 Å². The van der Waals surface area contributed by atoms with Gasteiger partial charge in [-0.3, -0.25) is 4.90 Å². The fraction of sp³-hybridized carbons (Fsp3) is 0.600. The van der Waals surface area contributed by atoms with E-state index in [-0.39, 0.29) is 18.0 Å². The number of halogens is 3. The van der Waals surface area contributed by atoms with Crippen LogP contribution in [0, 0.1) is 0 Å². The van der Waals surface area contributed by atoms with Gasteiger partial charge in [-0.25, -0.2) is 8.78 Å². The molecular weight excluding hydrogens is 282 g/mol. The van der Waals surface area contributed by atoms with Crippen molar-refractivity contribution in [1.82, 2.24) is 10.2 Å². The number of benzene rings is 1. The second kappa shape index (κ2) is 6.83. The molecule has 20 heavy (non-hydrogen) atoms. The molecule has 0 amide bonds. The van der Waals surface area contributed by atoms with Crippen molar-refractivity contribution in [2.75, 3.05) is 13.1 Å². The smallest absolute Gasteiger partial charge is 0.263 e. The first kappa shape index (κ1) is 15.7. The number of nitrogens with one attached hydrogen (secondary N) is 1. The van der Waals surface area contributed by atoms with Crippen molar-refractivity contribution in [2.45, 2.75) is 44.3 Å². The third-order valence-electron chi connectivity index (χ3n) is 4.40. The van der Waals surface area contributed by atoms with E-state index >= 15 is 0 Å². The monoisotopic (exact) mass is 302 g/mol. The number of nitrogens with zero attached hydrogens (tertiary/aromatic N) is 1. The van der Waals surface area contributed by atoms with Gasteiger partial charge in [0.2, 0.25) is 0 Å². The van der Waals surface area contributed by atoms with Crippen molar-refractivity contribution in [1.29, 1.82) is 0 Å². The Morgan fingerprint density at radius 2 is 1.80 bits per heavy atom. The zero-order valence-corrected chi connectivity index (χ0v) is 12.2. The van der Waals surface area contributed by atoms with E-state index < -0.39 is 6.43 Å². The van der Waals surface area contributed by atoms with Gasteiger partial charge in [0, 0.05) is 30.7 Å². The summed E-state index contributed by atoms with van der Waals surface area (Å²) in [6.45, 7) is 3.05. The molecule has 2 heterocycles. The standard InChI is InChI=1S/C15H20F2N2.ClH/c16-15(17)12-3-1-11(2-4-12)10-19-13-5-6-14(19)9-18-8-7-13;/h1-4,13-15,18H,5-10H2;1H. The highest BCUT2D eigenvalue weighted by Crippen LogP contribution is 2.29. The van der Waals surface area contributed by atoms with Crippen molar-refractivity contribution in [3.63, 3.8) is 0 Å². The molecule has 2 saturated heterocycles. The van der Waals surface area contributed by atoms with Crippen LogP contribution in [-0.4, -0.2) is 30.1 Å². The molecule has 0 aromatic heterocycles. The van der Waals surface area contributed by atoms with Crippen molar-refractivity contribution in [3.05, 3.63) is 35.4 Å². The van der Waals surface area contributed by atoms with E-state index in [2.05, 4.69) is 10.2 Å². The summed E-state index contributed by atoms with van der Waals surface area (Å²) in [5.41, 5.74) is 1.26.